The van der Waals surface area contributed by atoms with E-state index in [-0.39, 0.29) is 11.7 Å². The van der Waals surface area contributed by atoms with Crippen LogP contribution >= 0.6 is 0 Å². The molecule has 0 aliphatic carbocycles. The van der Waals surface area contributed by atoms with Gasteiger partial charge in [0, 0.05) is 24.4 Å². The Hall–Kier alpha value is -4.02. The SMILES string of the molecule is CC(=O)Nc1cccc(NC(=O)COc2ccc([N+](=O)[O-])cc2[N+](=O)[O-])c1. The van der Waals surface area contributed by atoms with Gasteiger partial charge in [0.25, 0.3) is 11.6 Å². The third kappa shape index (κ3) is 5.49. The van der Waals surface area contributed by atoms with Crippen molar-refractivity contribution < 1.29 is 24.2 Å². The van der Waals surface area contributed by atoms with Gasteiger partial charge in [-0.2, -0.15) is 0 Å². The molecule has 0 aromatic heterocycles. The molecule has 0 radical (unpaired) electrons. The van der Waals surface area contributed by atoms with Crippen LogP contribution in [0.5, 0.6) is 5.75 Å². The van der Waals surface area contributed by atoms with E-state index in [2.05, 4.69) is 10.6 Å². The topological polar surface area (TPSA) is 154 Å². The zero-order valence-corrected chi connectivity index (χ0v) is 14.0. The molecule has 0 saturated heterocycles. The molecule has 2 aromatic rings. The standard InChI is InChI=1S/C16H14N4O7/c1-10(21)17-11-3-2-4-12(7-11)18-16(22)9-27-15-6-5-13(19(23)24)8-14(15)20(25)26/h2-8H,9H2,1H3,(H,17,21)(H,18,22). The summed E-state index contributed by atoms with van der Waals surface area (Å²) in [5.74, 6) is -1.15. The Morgan fingerprint density at radius 2 is 1.67 bits per heavy atom. The number of carbonyl (C=O) groups is 2. The van der Waals surface area contributed by atoms with E-state index in [9.17, 15) is 29.8 Å². The smallest absolute Gasteiger partial charge is 0.317 e. The van der Waals surface area contributed by atoms with E-state index < -0.39 is 33.7 Å². The molecule has 2 N–H and O–H groups in total. The number of anilines is 2. The third-order valence-electron chi connectivity index (χ3n) is 3.18. The van der Waals surface area contributed by atoms with Crippen LogP contribution in [0.15, 0.2) is 42.5 Å². The Morgan fingerprint density at radius 1 is 1.00 bits per heavy atom. The number of nitrogens with one attached hydrogen (secondary N) is 2. The summed E-state index contributed by atoms with van der Waals surface area (Å²) in [6.07, 6.45) is 0. The second-order valence-corrected chi connectivity index (χ2v) is 5.27. The molecular formula is C16H14N4O7. The number of nitrogens with zero attached hydrogens (tertiary/aromatic N) is 2. The Morgan fingerprint density at radius 3 is 2.26 bits per heavy atom. The van der Waals surface area contributed by atoms with Crippen LogP contribution in [0.1, 0.15) is 6.92 Å². The van der Waals surface area contributed by atoms with Gasteiger partial charge in [-0.05, 0) is 24.3 Å². The van der Waals surface area contributed by atoms with Gasteiger partial charge in [-0.3, -0.25) is 29.8 Å². The molecular weight excluding hydrogens is 360 g/mol. The Kier molecular flexibility index (Phi) is 5.99. The molecule has 0 unspecified atom stereocenters. The van der Waals surface area contributed by atoms with Crippen molar-refractivity contribution in [2.45, 2.75) is 6.92 Å². The largest absolute Gasteiger partial charge is 0.477 e. The zero-order valence-electron chi connectivity index (χ0n) is 14.0. The summed E-state index contributed by atoms with van der Waals surface area (Å²) in [5.41, 5.74) is -0.224. The van der Waals surface area contributed by atoms with Gasteiger partial charge in [-0.25, -0.2) is 0 Å². The van der Waals surface area contributed by atoms with Gasteiger partial charge < -0.3 is 15.4 Å². The third-order valence-corrected chi connectivity index (χ3v) is 3.18. The van der Waals surface area contributed by atoms with Gasteiger partial charge >= 0.3 is 5.69 Å². The van der Waals surface area contributed by atoms with Gasteiger partial charge in [0.1, 0.15) is 0 Å². The van der Waals surface area contributed by atoms with Crippen molar-refractivity contribution in [2.24, 2.45) is 0 Å². The fourth-order valence-corrected chi connectivity index (χ4v) is 2.10. The average Bonchev–Trinajstić information content (AvgIpc) is 2.59. The van der Waals surface area contributed by atoms with E-state index in [4.69, 9.17) is 4.74 Å². The molecule has 11 nitrogen and oxygen atoms in total. The van der Waals surface area contributed by atoms with Crippen LogP contribution < -0.4 is 15.4 Å². The Balaban J connectivity index is 2.04. The predicted octanol–water partition coefficient (Wildman–Crippen LogP) is 2.48. The average molecular weight is 374 g/mol. The van der Waals surface area contributed by atoms with E-state index >= 15 is 0 Å². The minimum Gasteiger partial charge on any atom is -0.477 e. The Labute approximate surface area is 152 Å². The molecule has 0 heterocycles. The summed E-state index contributed by atoms with van der Waals surface area (Å²) in [6.45, 7) is 0.791. The second kappa shape index (κ2) is 8.38. The van der Waals surface area contributed by atoms with Crippen molar-refractivity contribution in [3.8, 4) is 5.75 Å². The van der Waals surface area contributed by atoms with E-state index in [0.717, 1.165) is 18.2 Å². The number of ether oxygens (including phenoxy) is 1. The molecule has 27 heavy (non-hydrogen) atoms. The monoisotopic (exact) mass is 374 g/mol. The Bertz CT molecular complexity index is 913. The lowest BCUT2D eigenvalue weighted by Gasteiger charge is -2.09. The zero-order chi connectivity index (χ0) is 20.0. The number of rotatable bonds is 7. The normalized spacial score (nSPS) is 9.96. The van der Waals surface area contributed by atoms with Crippen LogP contribution in [0.3, 0.4) is 0 Å². The first-order valence-electron chi connectivity index (χ1n) is 7.49. The number of amides is 2. The van der Waals surface area contributed by atoms with E-state index in [0.29, 0.717) is 11.4 Å². The molecule has 0 bridgehead atoms. The lowest BCUT2D eigenvalue weighted by Crippen LogP contribution is -2.20. The highest BCUT2D eigenvalue weighted by Gasteiger charge is 2.21. The maximum Gasteiger partial charge on any atom is 0.317 e. The number of hydrogen-bond acceptors (Lipinski definition) is 7. The van der Waals surface area contributed by atoms with E-state index in [1.807, 2.05) is 0 Å². The van der Waals surface area contributed by atoms with Gasteiger partial charge in [-0.1, -0.05) is 6.07 Å². The fraction of sp³-hybridized carbons (Fsp3) is 0.125. The summed E-state index contributed by atoms with van der Waals surface area (Å²) in [7, 11) is 0. The fourth-order valence-electron chi connectivity index (χ4n) is 2.10. The van der Waals surface area contributed by atoms with Crippen molar-refractivity contribution in [3.05, 3.63) is 62.7 Å². The molecule has 0 aliphatic rings. The highest BCUT2D eigenvalue weighted by Crippen LogP contribution is 2.30. The van der Waals surface area contributed by atoms with Crippen molar-refractivity contribution in [2.75, 3.05) is 17.2 Å². The summed E-state index contributed by atoms with van der Waals surface area (Å²) >= 11 is 0. The van der Waals surface area contributed by atoms with Crippen LogP contribution in [0.2, 0.25) is 0 Å². The molecule has 0 atom stereocenters. The first-order chi connectivity index (χ1) is 12.8. The lowest BCUT2D eigenvalue weighted by atomic mass is 10.2. The van der Waals surface area contributed by atoms with E-state index in [1.54, 1.807) is 18.2 Å². The first-order valence-corrected chi connectivity index (χ1v) is 7.49. The van der Waals surface area contributed by atoms with Gasteiger partial charge in [-0.15, -0.1) is 0 Å². The number of nitro benzene ring substituents is 2. The van der Waals surface area contributed by atoms with Crippen LogP contribution in [0.25, 0.3) is 0 Å². The summed E-state index contributed by atoms with van der Waals surface area (Å²) in [4.78, 5) is 43.1. The first kappa shape index (κ1) is 19.3. The van der Waals surface area contributed by atoms with Crippen LogP contribution in [0, 0.1) is 20.2 Å². The number of non-ortho nitro benzene ring substituents is 1. The highest BCUT2D eigenvalue weighted by atomic mass is 16.6. The number of carbonyl (C=O) groups excluding carboxylic acids is 2. The minimum atomic E-state index is -0.836. The van der Waals surface area contributed by atoms with Gasteiger partial charge in [0.2, 0.25) is 5.91 Å². The molecule has 11 heteroatoms. The molecule has 2 aromatic carbocycles. The molecule has 0 aliphatic heterocycles. The van der Waals surface area contributed by atoms with Crippen LogP contribution in [0.4, 0.5) is 22.7 Å². The van der Waals surface area contributed by atoms with Gasteiger partial charge in [0.15, 0.2) is 12.4 Å². The summed E-state index contributed by atoms with van der Waals surface area (Å²) in [5, 5.41) is 26.8. The van der Waals surface area contributed by atoms with E-state index in [1.165, 1.54) is 13.0 Å². The number of hydrogen-bond donors (Lipinski definition) is 2. The maximum absolute atomic E-state index is 12.0. The number of benzene rings is 2. The second-order valence-electron chi connectivity index (χ2n) is 5.27. The predicted molar refractivity (Wildman–Crippen MR) is 94.6 cm³/mol. The maximum atomic E-state index is 12.0. The van der Waals surface area contributed by atoms with Crippen molar-refractivity contribution in [1.29, 1.82) is 0 Å². The summed E-state index contributed by atoms with van der Waals surface area (Å²) in [6, 6.07) is 9.20. The lowest BCUT2D eigenvalue weighted by molar-refractivity contribution is -0.394. The quantitative estimate of drug-likeness (QED) is 0.557. The summed E-state index contributed by atoms with van der Waals surface area (Å²) < 4.78 is 5.12. The molecule has 0 spiro atoms. The van der Waals surface area contributed by atoms with Crippen molar-refractivity contribution in [3.63, 3.8) is 0 Å². The van der Waals surface area contributed by atoms with Gasteiger partial charge in [0.05, 0.1) is 15.9 Å². The molecule has 0 saturated carbocycles. The molecule has 0 fully saturated rings. The van der Waals surface area contributed by atoms with Crippen molar-refractivity contribution >= 4 is 34.6 Å². The molecule has 2 rings (SSSR count). The van der Waals surface area contributed by atoms with Crippen molar-refractivity contribution in [1.82, 2.24) is 0 Å². The van der Waals surface area contributed by atoms with Crippen LogP contribution in [-0.4, -0.2) is 28.3 Å². The minimum absolute atomic E-state index is 0.271. The molecule has 140 valence electrons. The van der Waals surface area contributed by atoms with Crippen LogP contribution in [-0.2, 0) is 9.59 Å². The number of nitro groups is 2. The highest BCUT2D eigenvalue weighted by molar-refractivity contribution is 5.94. The molecule has 2 amide bonds.